The molecule has 0 spiro atoms. The smallest absolute Gasteiger partial charge is 0.232 e. The van der Waals surface area contributed by atoms with Crippen LogP contribution in [0.4, 0.5) is 0 Å². The zero-order valence-corrected chi connectivity index (χ0v) is 14.2. The van der Waals surface area contributed by atoms with E-state index in [2.05, 4.69) is 31.0 Å². The average Bonchev–Trinajstić information content (AvgIpc) is 2.99. The fourth-order valence-electron chi connectivity index (χ4n) is 2.30. The van der Waals surface area contributed by atoms with E-state index < -0.39 is 0 Å². The van der Waals surface area contributed by atoms with Gasteiger partial charge in [0.1, 0.15) is 23.0 Å². The minimum atomic E-state index is 0.292. The molecular weight excluding hydrogens is 302 g/mol. The van der Waals surface area contributed by atoms with Crippen LogP contribution in [-0.2, 0) is 6.61 Å². The van der Waals surface area contributed by atoms with Gasteiger partial charge in [-0.15, -0.1) is 0 Å². The van der Waals surface area contributed by atoms with Crippen LogP contribution in [0.1, 0.15) is 37.0 Å². The van der Waals surface area contributed by atoms with E-state index in [1.165, 1.54) is 5.56 Å². The van der Waals surface area contributed by atoms with Crippen molar-refractivity contribution in [3.63, 3.8) is 0 Å². The topological polar surface area (TPSA) is 44.5 Å². The molecule has 3 aromatic rings. The second-order valence-corrected chi connectivity index (χ2v) is 5.95. The third-order valence-corrected chi connectivity index (χ3v) is 3.62. The number of hydrogen-bond acceptors (Lipinski definition) is 4. The Morgan fingerprint density at radius 3 is 2.42 bits per heavy atom. The number of nitrogens with zero attached hydrogens (tertiary/aromatic N) is 1. The molecule has 0 N–H and O–H groups in total. The number of aryl methyl sites for hydroxylation is 1. The number of rotatable bonds is 6. The summed E-state index contributed by atoms with van der Waals surface area (Å²) in [7, 11) is 0. The largest absolute Gasteiger partial charge is 0.484 e. The quantitative estimate of drug-likeness (QED) is 0.602. The highest BCUT2D eigenvalue weighted by atomic mass is 16.5. The summed E-state index contributed by atoms with van der Waals surface area (Å²) in [5, 5.41) is 0. The summed E-state index contributed by atoms with van der Waals surface area (Å²) in [6, 6.07) is 15.7. The number of ether oxygens (including phenoxy) is 2. The highest BCUT2D eigenvalue weighted by Crippen LogP contribution is 2.27. The molecule has 2 aromatic carbocycles. The Bertz CT molecular complexity index is 791. The van der Waals surface area contributed by atoms with Crippen LogP contribution in [0.3, 0.4) is 0 Å². The van der Waals surface area contributed by atoms with Gasteiger partial charge in [0.15, 0.2) is 6.61 Å². The van der Waals surface area contributed by atoms with Crippen molar-refractivity contribution in [1.29, 1.82) is 0 Å². The van der Waals surface area contributed by atoms with E-state index in [1.54, 1.807) is 6.20 Å². The highest BCUT2D eigenvalue weighted by Gasteiger charge is 2.05. The van der Waals surface area contributed by atoms with Crippen molar-refractivity contribution in [2.45, 2.75) is 33.3 Å². The zero-order chi connectivity index (χ0) is 16.9. The summed E-state index contributed by atoms with van der Waals surface area (Å²) in [4.78, 5) is 4.12. The van der Waals surface area contributed by atoms with E-state index in [0.29, 0.717) is 24.2 Å². The molecule has 0 fully saturated rings. The van der Waals surface area contributed by atoms with Gasteiger partial charge in [-0.1, -0.05) is 32.0 Å². The number of hydrogen-bond donors (Lipinski definition) is 0. The standard InChI is InChI=1S/C20H21NO3/c1-14(2)16-7-9-17(10-8-16)24-19-6-4-5-18(11-19)22-13-20-21-12-15(3)23-20/h4-12,14H,13H2,1-3H3. The predicted molar refractivity (Wildman–Crippen MR) is 92.6 cm³/mol. The Labute approximate surface area is 142 Å². The van der Waals surface area contributed by atoms with Gasteiger partial charge in [-0.3, -0.25) is 0 Å². The molecule has 0 aliphatic rings. The van der Waals surface area contributed by atoms with Crippen LogP contribution in [0.2, 0.25) is 0 Å². The summed E-state index contributed by atoms with van der Waals surface area (Å²) in [6.45, 7) is 6.49. The van der Waals surface area contributed by atoms with Crippen molar-refractivity contribution >= 4 is 0 Å². The van der Waals surface area contributed by atoms with E-state index in [-0.39, 0.29) is 0 Å². The predicted octanol–water partition coefficient (Wildman–Crippen LogP) is 5.48. The normalized spacial score (nSPS) is 10.8. The summed E-state index contributed by atoms with van der Waals surface area (Å²) >= 11 is 0. The van der Waals surface area contributed by atoms with Crippen molar-refractivity contribution in [2.75, 3.05) is 0 Å². The molecule has 4 heteroatoms. The van der Waals surface area contributed by atoms with Crippen LogP contribution in [0.15, 0.2) is 59.1 Å². The molecule has 4 nitrogen and oxygen atoms in total. The molecule has 3 rings (SSSR count). The lowest BCUT2D eigenvalue weighted by Crippen LogP contribution is -1.95. The molecule has 1 aromatic heterocycles. The summed E-state index contributed by atoms with van der Waals surface area (Å²) in [5.74, 6) is 4.09. The lowest BCUT2D eigenvalue weighted by Gasteiger charge is -2.10. The molecule has 0 radical (unpaired) electrons. The van der Waals surface area contributed by atoms with Crippen molar-refractivity contribution in [3.8, 4) is 17.2 Å². The van der Waals surface area contributed by atoms with Crippen LogP contribution >= 0.6 is 0 Å². The number of benzene rings is 2. The van der Waals surface area contributed by atoms with Crippen LogP contribution in [0, 0.1) is 6.92 Å². The third kappa shape index (κ3) is 4.16. The molecule has 0 bridgehead atoms. The molecule has 124 valence electrons. The second kappa shape index (κ2) is 7.21. The summed E-state index contributed by atoms with van der Waals surface area (Å²) < 4.78 is 17.0. The maximum absolute atomic E-state index is 5.89. The van der Waals surface area contributed by atoms with Crippen molar-refractivity contribution in [2.24, 2.45) is 0 Å². The Morgan fingerprint density at radius 1 is 1.00 bits per heavy atom. The summed E-state index contributed by atoms with van der Waals surface area (Å²) in [5.41, 5.74) is 1.29. The van der Waals surface area contributed by atoms with E-state index in [4.69, 9.17) is 13.9 Å². The molecule has 0 aliphatic carbocycles. The first-order valence-corrected chi connectivity index (χ1v) is 8.02. The van der Waals surface area contributed by atoms with E-state index in [1.807, 2.05) is 43.3 Å². The average molecular weight is 323 g/mol. The van der Waals surface area contributed by atoms with Gasteiger partial charge in [0, 0.05) is 6.07 Å². The van der Waals surface area contributed by atoms with Gasteiger partial charge in [-0.2, -0.15) is 0 Å². The third-order valence-electron chi connectivity index (χ3n) is 3.62. The van der Waals surface area contributed by atoms with E-state index in [9.17, 15) is 0 Å². The van der Waals surface area contributed by atoms with Crippen molar-refractivity contribution < 1.29 is 13.9 Å². The first-order valence-electron chi connectivity index (χ1n) is 8.02. The Hall–Kier alpha value is -2.75. The molecule has 24 heavy (non-hydrogen) atoms. The lowest BCUT2D eigenvalue weighted by atomic mass is 10.0. The van der Waals surface area contributed by atoms with Crippen LogP contribution in [0.5, 0.6) is 17.2 Å². The summed E-state index contributed by atoms with van der Waals surface area (Å²) in [6.07, 6.45) is 1.68. The maximum atomic E-state index is 5.89. The molecule has 0 aliphatic heterocycles. The number of oxazole rings is 1. The first-order chi connectivity index (χ1) is 11.6. The Kier molecular flexibility index (Phi) is 4.85. The van der Waals surface area contributed by atoms with E-state index in [0.717, 1.165) is 17.3 Å². The fourth-order valence-corrected chi connectivity index (χ4v) is 2.30. The van der Waals surface area contributed by atoms with Gasteiger partial charge in [0.2, 0.25) is 5.89 Å². The zero-order valence-electron chi connectivity index (χ0n) is 14.2. The van der Waals surface area contributed by atoms with Gasteiger partial charge in [0.25, 0.3) is 0 Å². The van der Waals surface area contributed by atoms with Crippen LogP contribution < -0.4 is 9.47 Å². The molecule has 1 heterocycles. The molecule has 0 unspecified atom stereocenters. The number of aromatic nitrogens is 1. The Morgan fingerprint density at radius 2 is 1.75 bits per heavy atom. The fraction of sp³-hybridized carbons (Fsp3) is 0.250. The van der Waals surface area contributed by atoms with Gasteiger partial charge in [-0.25, -0.2) is 4.98 Å². The van der Waals surface area contributed by atoms with Gasteiger partial charge < -0.3 is 13.9 Å². The molecule has 0 amide bonds. The Balaban J connectivity index is 1.64. The lowest BCUT2D eigenvalue weighted by molar-refractivity contribution is 0.259. The molecule has 0 saturated carbocycles. The van der Waals surface area contributed by atoms with E-state index >= 15 is 0 Å². The second-order valence-electron chi connectivity index (χ2n) is 5.95. The SMILES string of the molecule is Cc1cnc(COc2cccc(Oc3ccc(C(C)C)cc3)c2)o1. The van der Waals surface area contributed by atoms with Crippen molar-refractivity contribution in [1.82, 2.24) is 4.98 Å². The maximum Gasteiger partial charge on any atom is 0.232 e. The monoisotopic (exact) mass is 323 g/mol. The van der Waals surface area contributed by atoms with Gasteiger partial charge in [-0.05, 0) is 42.7 Å². The van der Waals surface area contributed by atoms with Crippen molar-refractivity contribution in [3.05, 3.63) is 71.9 Å². The van der Waals surface area contributed by atoms with Gasteiger partial charge >= 0.3 is 0 Å². The molecule has 0 atom stereocenters. The first kappa shape index (κ1) is 16.1. The highest BCUT2D eigenvalue weighted by molar-refractivity contribution is 5.38. The minimum absolute atomic E-state index is 0.292. The molecule has 0 saturated heterocycles. The van der Waals surface area contributed by atoms with Crippen LogP contribution in [-0.4, -0.2) is 4.98 Å². The molecular formula is C20H21NO3. The van der Waals surface area contributed by atoms with Gasteiger partial charge in [0.05, 0.1) is 6.20 Å². The van der Waals surface area contributed by atoms with Crippen LogP contribution in [0.25, 0.3) is 0 Å². The minimum Gasteiger partial charge on any atom is -0.484 e.